The molecule has 0 spiro atoms. The highest BCUT2D eigenvalue weighted by Gasteiger charge is 2.51. The van der Waals surface area contributed by atoms with E-state index in [1.54, 1.807) is 0 Å². The Labute approximate surface area is 509 Å². The lowest BCUT2D eigenvalue weighted by atomic mass is 9.97. The van der Waals surface area contributed by atoms with E-state index in [9.17, 15) is 45.6 Å². The Bertz CT molecular complexity index is 1780. The Balaban J connectivity index is 1.53. The van der Waals surface area contributed by atoms with Gasteiger partial charge in [-0.25, -0.2) is 0 Å². The Kier molecular flexibility index (Phi) is 49.6. The van der Waals surface area contributed by atoms with Crippen LogP contribution in [-0.4, -0.2) is 140 Å². The number of allylic oxidation sites excluding steroid dienone is 16. The molecule has 2 aliphatic heterocycles. The molecule has 12 unspecified atom stereocenters. The highest BCUT2D eigenvalue weighted by atomic mass is 16.7. The fourth-order valence-electron chi connectivity index (χ4n) is 10.5. The molecule has 2 fully saturated rings. The van der Waals surface area contributed by atoms with Crippen LogP contribution >= 0.6 is 0 Å². The zero-order valence-corrected chi connectivity index (χ0v) is 52.4. The third-order valence-electron chi connectivity index (χ3n) is 15.8. The largest absolute Gasteiger partial charge is 0.394 e. The summed E-state index contributed by atoms with van der Waals surface area (Å²) in [6.07, 6.45) is 58.9. The van der Waals surface area contributed by atoms with E-state index >= 15 is 0 Å². The molecule has 9 N–H and O–H groups in total. The number of amides is 1. The summed E-state index contributed by atoms with van der Waals surface area (Å²) in [5.74, 6) is -0.211. The van der Waals surface area contributed by atoms with Gasteiger partial charge in [-0.1, -0.05) is 259 Å². The van der Waals surface area contributed by atoms with Gasteiger partial charge in [0, 0.05) is 6.42 Å². The van der Waals surface area contributed by atoms with Crippen LogP contribution in [0.2, 0.25) is 0 Å². The first kappa shape index (κ1) is 77.0. The number of nitrogens with one attached hydrogen (secondary N) is 1. The van der Waals surface area contributed by atoms with Crippen molar-refractivity contribution in [1.82, 2.24) is 5.32 Å². The van der Waals surface area contributed by atoms with Crippen LogP contribution < -0.4 is 5.32 Å². The molecule has 2 heterocycles. The fraction of sp³-hybridized carbons (Fsp3) is 0.757. The van der Waals surface area contributed by atoms with Gasteiger partial charge in [-0.2, -0.15) is 0 Å². The molecule has 14 nitrogen and oxygen atoms in total. The second kappa shape index (κ2) is 54.1. The van der Waals surface area contributed by atoms with Crippen LogP contribution in [0.3, 0.4) is 0 Å². The van der Waals surface area contributed by atoms with Gasteiger partial charge in [0.15, 0.2) is 12.6 Å². The van der Waals surface area contributed by atoms with Crippen molar-refractivity contribution in [3.8, 4) is 0 Å². The number of unbranched alkanes of at least 4 members (excludes halogenated alkanes) is 24. The average molecular weight is 1180 g/mol. The molecule has 0 aromatic carbocycles. The molecule has 0 bridgehead atoms. The van der Waals surface area contributed by atoms with E-state index in [-0.39, 0.29) is 12.5 Å². The van der Waals surface area contributed by atoms with Crippen molar-refractivity contribution in [2.75, 3.05) is 19.8 Å². The van der Waals surface area contributed by atoms with E-state index in [2.05, 4.69) is 116 Å². The summed E-state index contributed by atoms with van der Waals surface area (Å²) in [6.45, 7) is 2.71. The molecular formula is C70H121NO13. The van der Waals surface area contributed by atoms with Crippen molar-refractivity contribution >= 4 is 5.91 Å². The summed E-state index contributed by atoms with van der Waals surface area (Å²) < 4.78 is 22.8. The van der Waals surface area contributed by atoms with Crippen LogP contribution in [0.1, 0.15) is 245 Å². The number of aliphatic hydroxyl groups is 8. The molecule has 0 aromatic rings. The Morgan fingerprint density at radius 1 is 0.440 bits per heavy atom. The Morgan fingerprint density at radius 2 is 0.821 bits per heavy atom. The van der Waals surface area contributed by atoms with Crippen LogP contribution in [0.5, 0.6) is 0 Å². The van der Waals surface area contributed by atoms with Crippen molar-refractivity contribution < 1.29 is 64.6 Å². The van der Waals surface area contributed by atoms with Gasteiger partial charge in [0.05, 0.1) is 32.0 Å². The lowest BCUT2D eigenvalue weighted by Crippen LogP contribution is -2.65. The zero-order valence-electron chi connectivity index (χ0n) is 52.4. The third kappa shape index (κ3) is 38.2. The lowest BCUT2D eigenvalue weighted by molar-refractivity contribution is -0.359. The normalized spacial score (nSPS) is 24.3. The number of hydrogen-bond acceptors (Lipinski definition) is 13. The van der Waals surface area contributed by atoms with Crippen LogP contribution in [-0.2, 0) is 23.7 Å². The molecule has 2 rings (SSSR count). The summed E-state index contributed by atoms with van der Waals surface area (Å²) in [7, 11) is 0. The molecule has 12 atom stereocenters. The van der Waals surface area contributed by atoms with E-state index in [4.69, 9.17) is 18.9 Å². The van der Waals surface area contributed by atoms with Gasteiger partial charge < -0.3 is 65.1 Å². The molecule has 0 aromatic heterocycles. The number of carbonyl (C=O) groups excluding carboxylic acids is 1. The molecule has 0 radical (unpaired) electrons. The maximum Gasteiger partial charge on any atom is 0.220 e. The molecular weight excluding hydrogens is 1060 g/mol. The van der Waals surface area contributed by atoms with E-state index in [1.807, 2.05) is 0 Å². The second-order valence-corrected chi connectivity index (χ2v) is 23.2. The standard InChI is InChI=1S/C70H121NO13/c1-3-5-7-9-11-13-14-15-16-17-18-19-20-21-22-23-24-25-26-27-28-29-30-31-32-33-34-35-36-37-38-39-40-41-42-43-44-46-48-50-52-54-62(75)71-58(59(74)53-51-49-47-45-12-10-8-6-4-2)57-81-69-67(80)65(78)68(61(56-73)83-69)84-70-66(79)64(77)63(76)60(55-72)82-70/h5,7,11,13,15-16,18-19,21-22,24-25,27-28,30-31,58-61,63-70,72-74,76-80H,3-4,6,8-10,12,14,17,20,23,26,29,32-57H2,1-2H3,(H,71,75)/b7-5-,13-11-,16-15-,19-18-,22-21-,25-24-,28-27-,31-30-. The molecule has 14 heteroatoms. The number of carbonyl (C=O) groups is 1. The van der Waals surface area contributed by atoms with Crippen molar-refractivity contribution in [2.24, 2.45) is 0 Å². The fourth-order valence-corrected chi connectivity index (χ4v) is 10.5. The lowest BCUT2D eigenvalue weighted by Gasteiger charge is -2.46. The van der Waals surface area contributed by atoms with Gasteiger partial charge in [-0.3, -0.25) is 4.79 Å². The van der Waals surface area contributed by atoms with Gasteiger partial charge in [0.25, 0.3) is 0 Å². The third-order valence-corrected chi connectivity index (χ3v) is 15.8. The second-order valence-electron chi connectivity index (χ2n) is 23.2. The van der Waals surface area contributed by atoms with E-state index in [0.29, 0.717) is 12.8 Å². The Hall–Kier alpha value is -3.09. The number of rotatable bonds is 53. The van der Waals surface area contributed by atoms with Gasteiger partial charge in [-0.05, 0) is 77.0 Å². The van der Waals surface area contributed by atoms with Crippen LogP contribution in [0.15, 0.2) is 97.2 Å². The maximum absolute atomic E-state index is 13.3. The van der Waals surface area contributed by atoms with Crippen molar-refractivity contribution in [3.05, 3.63) is 97.2 Å². The van der Waals surface area contributed by atoms with Crippen LogP contribution in [0, 0.1) is 0 Å². The van der Waals surface area contributed by atoms with Gasteiger partial charge in [0.1, 0.15) is 48.8 Å². The topological polar surface area (TPSA) is 228 Å². The molecule has 484 valence electrons. The number of ether oxygens (including phenoxy) is 4. The number of aliphatic hydroxyl groups excluding tert-OH is 8. The summed E-state index contributed by atoms with van der Waals surface area (Å²) in [5, 5.41) is 87.1. The molecule has 84 heavy (non-hydrogen) atoms. The molecule has 2 aliphatic rings. The minimum atomic E-state index is -1.78. The van der Waals surface area contributed by atoms with Crippen molar-refractivity contribution in [1.29, 1.82) is 0 Å². The van der Waals surface area contributed by atoms with E-state index in [0.717, 1.165) is 103 Å². The Morgan fingerprint density at radius 3 is 1.26 bits per heavy atom. The summed E-state index contributed by atoms with van der Waals surface area (Å²) in [4.78, 5) is 13.3. The van der Waals surface area contributed by atoms with Crippen molar-refractivity contribution in [2.45, 2.75) is 319 Å². The minimum absolute atomic E-state index is 0.211. The highest BCUT2D eigenvalue weighted by Crippen LogP contribution is 2.30. The molecule has 0 saturated carbocycles. The monoisotopic (exact) mass is 1180 g/mol. The van der Waals surface area contributed by atoms with Crippen LogP contribution in [0.25, 0.3) is 0 Å². The van der Waals surface area contributed by atoms with Gasteiger partial charge >= 0.3 is 0 Å². The van der Waals surface area contributed by atoms with Crippen molar-refractivity contribution in [3.63, 3.8) is 0 Å². The summed E-state index contributed by atoms with van der Waals surface area (Å²) in [5.41, 5.74) is 0. The smallest absolute Gasteiger partial charge is 0.220 e. The highest BCUT2D eigenvalue weighted by molar-refractivity contribution is 5.76. The zero-order chi connectivity index (χ0) is 60.9. The first-order chi connectivity index (χ1) is 41.1. The molecule has 2 saturated heterocycles. The summed E-state index contributed by atoms with van der Waals surface area (Å²) >= 11 is 0. The first-order valence-corrected chi connectivity index (χ1v) is 33.5. The maximum atomic E-state index is 13.3. The predicted molar refractivity (Wildman–Crippen MR) is 341 cm³/mol. The average Bonchev–Trinajstić information content (AvgIpc) is 2.28. The molecule has 0 aliphatic carbocycles. The minimum Gasteiger partial charge on any atom is -0.394 e. The first-order valence-electron chi connectivity index (χ1n) is 33.5. The predicted octanol–water partition coefficient (Wildman–Crippen LogP) is 13.0. The summed E-state index contributed by atoms with van der Waals surface area (Å²) in [6, 6.07) is -0.830. The molecule has 1 amide bonds. The van der Waals surface area contributed by atoms with E-state index < -0.39 is 86.8 Å². The quantitative estimate of drug-likeness (QED) is 0.0204. The SMILES string of the molecule is CC/C=C\C/C=C\C/C=C\C/C=C\C/C=C\C/C=C\C/C=C\C/C=C\CCCCCCCCCCCCCCCCCCC(=O)NC(COC1OC(CO)C(OC2OC(CO)C(O)C(O)C2O)C(O)C1O)C(O)CCCCCCCCCCC. The van der Waals surface area contributed by atoms with Gasteiger partial charge in [0.2, 0.25) is 5.91 Å². The van der Waals surface area contributed by atoms with Gasteiger partial charge in [-0.15, -0.1) is 0 Å². The number of hydrogen-bond donors (Lipinski definition) is 9. The van der Waals surface area contributed by atoms with E-state index in [1.165, 1.54) is 116 Å². The van der Waals surface area contributed by atoms with Crippen LogP contribution in [0.4, 0.5) is 0 Å².